The Morgan fingerprint density at radius 1 is 1.14 bits per heavy atom. The molecular formula is C12H20O2. The molecule has 0 spiro atoms. The molecule has 0 heterocycles. The van der Waals surface area contributed by atoms with Crippen LogP contribution >= 0.6 is 0 Å². The maximum Gasteiger partial charge on any atom is 0.305 e. The van der Waals surface area contributed by atoms with Crippen molar-refractivity contribution in [1.82, 2.24) is 0 Å². The van der Waals surface area contributed by atoms with Crippen LogP contribution in [0.5, 0.6) is 0 Å². The first kappa shape index (κ1) is 13.0. The van der Waals surface area contributed by atoms with Crippen LogP contribution in [0.4, 0.5) is 0 Å². The second-order valence-corrected chi connectivity index (χ2v) is 3.24. The summed E-state index contributed by atoms with van der Waals surface area (Å²) in [6.07, 6.45) is 6.71. The first-order valence-electron chi connectivity index (χ1n) is 5.33. The van der Waals surface area contributed by atoms with Gasteiger partial charge in [-0.05, 0) is 19.3 Å². The first-order valence-corrected chi connectivity index (χ1v) is 5.33. The lowest BCUT2D eigenvalue weighted by atomic mass is 10.1. The molecule has 0 rings (SSSR count). The van der Waals surface area contributed by atoms with Crippen molar-refractivity contribution in [2.75, 3.05) is 7.11 Å². The minimum atomic E-state index is -0.109. The van der Waals surface area contributed by atoms with E-state index in [9.17, 15) is 4.79 Å². The highest BCUT2D eigenvalue weighted by atomic mass is 16.5. The lowest BCUT2D eigenvalue weighted by Gasteiger charge is -1.97. The van der Waals surface area contributed by atoms with Gasteiger partial charge in [-0.2, -0.15) is 0 Å². The summed E-state index contributed by atoms with van der Waals surface area (Å²) in [6, 6.07) is 0. The van der Waals surface area contributed by atoms with Gasteiger partial charge >= 0.3 is 5.97 Å². The lowest BCUT2D eigenvalue weighted by molar-refractivity contribution is -0.140. The number of hydrogen-bond donors (Lipinski definition) is 0. The molecule has 0 unspecified atom stereocenters. The molecule has 0 bridgehead atoms. The molecule has 80 valence electrons. The van der Waals surface area contributed by atoms with Gasteiger partial charge in [-0.3, -0.25) is 4.79 Å². The maximum atomic E-state index is 10.7. The van der Waals surface area contributed by atoms with Crippen LogP contribution in [-0.2, 0) is 9.53 Å². The number of methoxy groups -OCH3 is 1. The number of ether oxygens (including phenoxy) is 1. The third kappa shape index (κ3) is 9.12. The third-order valence-electron chi connectivity index (χ3n) is 1.91. The van der Waals surface area contributed by atoms with Gasteiger partial charge in [0.2, 0.25) is 0 Å². The summed E-state index contributed by atoms with van der Waals surface area (Å²) in [6.45, 7) is 2.13. The molecule has 0 N–H and O–H groups in total. The second-order valence-electron chi connectivity index (χ2n) is 3.24. The van der Waals surface area contributed by atoms with Crippen molar-refractivity contribution >= 4 is 5.97 Å². The summed E-state index contributed by atoms with van der Waals surface area (Å²) < 4.78 is 4.54. The van der Waals surface area contributed by atoms with E-state index in [0.29, 0.717) is 6.42 Å². The number of unbranched alkanes of at least 4 members (excludes halogenated alkanes) is 4. The first-order chi connectivity index (χ1) is 6.81. The lowest BCUT2D eigenvalue weighted by Crippen LogP contribution is -1.98. The molecule has 0 aliphatic rings. The van der Waals surface area contributed by atoms with E-state index in [1.54, 1.807) is 0 Å². The van der Waals surface area contributed by atoms with Gasteiger partial charge in [-0.25, -0.2) is 0 Å². The molecule has 0 aromatic carbocycles. The molecule has 0 radical (unpaired) electrons. The molecule has 0 aliphatic heterocycles. The predicted octanol–water partition coefficient (Wildman–Crippen LogP) is 2.91. The zero-order chi connectivity index (χ0) is 10.6. The Hall–Kier alpha value is -0.970. The van der Waals surface area contributed by atoms with E-state index in [-0.39, 0.29) is 5.97 Å². The molecule has 0 atom stereocenters. The summed E-state index contributed by atoms with van der Waals surface area (Å²) >= 11 is 0. The average Bonchev–Trinajstić information content (AvgIpc) is 2.21. The SMILES string of the molecule is CCCC#CCCCCCC(=O)OC. The van der Waals surface area contributed by atoms with Crippen LogP contribution in [0.25, 0.3) is 0 Å². The number of carbonyl (C=O) groups excluding carboxylic acids is 1. The molecule has 0 aromatic heterocycles. The largest absolute Gasteiger partial charge is 0.469 e. The van der Waals surface area contributed by atoms with E-state index in [1.165, 1.54) is 7.11 Å². The fourth-order valence-electron chi connectivity index (χ4n) is 1.06. The van der Waals surface area contributed by atoms with Crippen molar-refractivity contribution in [1.29, 1.82) is 0 Å². The monoisotopic (exact) mass is 196 g/mol. The van der Waals surface area contributed by atoms with Crippen LogP contribution in [-0.4, -0.2) is 13.1 Å². The van der Waals surface area contributed by atoms with Crippen molar-refractivity contribution in [3.05, 3.63) is 0 Å². The van der Waals surface area contributed by atoms with E-state index in [4.69, 9.17) is 0 Å². The van der Waals surface area contributed by atoms with Gasteiger partial charge < -0.3 is 4.74 Å². The fourth-order valence-corrected chi connectivity index (χ4v) is 1.06. The summed E-state index contributed by atoms with van der Waals surface area (Å²) in [5, 5.41) is 0. The zero-order valence-corrected chi connectivity index (χ0v) is 9.27. The van der Waals surface area contributed by atoms with Gasteiger partial charge in [0.15, 0.2) is 0 Å². The van der Waals surface area contributed by atoms with E-state index < -0.39 is 0 Å². The summed E-state index contributed by atoms with van der Waals surface area (Å²) in [5.41, 5.74) is 0. The Labute approximate surface area is 87.0 Å². The van der Waals surface area contributed by atoms with Crippen molar-refractivity contribution < 1.29 is 9.53 Å². The molecule has 2 heteroatoms. The third-order valence-corrected chi connectivity index (χ3v) is 1.91. The average molecular weight is 196 g/mol. The van der Waals surface area contributed by atoms with Crippen LogP contribution < -0.4 is 0 Å². The van der Waals surface area contributed by atoms with Crippen LogP contribution in [0.3, 0.4) is 0 Å². The minimum Gasteiger partial charge on any atom is -0.469 e. The Balaban J connectivity index is 3.15. The van der Waals surface area contributed by atoms with Gasteiger partial charge in [0.25, 0.3) is 0 Å². The van der Waals surface area contributed by atoms with E-state index >= 15 is 0 Å². The normalized spacial score (nSPS) is 9.00. The summed E-state index contributed by atoms with van der Waals surface area (Å²) in [7, 11) is 1.43. The summed E-state index contributed by atoms with van der Waals surface area (Å²) in [4.78, 5) is 10.7. The van der Waals surface area contributed by atoms with Crippen LogP contribution in [0.2, 0.25) is 0 Å². The molecule has 0 saturated heterocycles. The van der Waals surface area contributed by atoms with Crippen molar-refractivity contribution in [3.8, 4) is 11.8 Å². The highest BCUT2D eigenvalue weighted by Crippen LogP contribution is 2.03. The number of rotatable bonds is 6. The van der Waals surface area contributed by atoms with E-state index in [2.05, 4.69) is 23.5 Å². The van der Waals surface area contributed by atoms with Crippen molar-refractivity contribution in [3.63, 3.8) is 0 Å². The molecule has 0 aliphatic carbocycles. The zero-order valence-electron chi connectivity index (χ0n) is 9.27. The van der Waals surface area contributed by atoms with Crippen LogP contribution in [0.15, 0.2) is 0 Å². The standard InChI is InChI=1S/C12H20O2/c1-3-4-5-6-7-8-9-10-11-12(13)14-2/h3-4,7-11H2,1-2H3. The van der Waals surface area contributed by atoms with Gasteiger partial charge in [0.1, 0.15) is 0 Å². The minimum absolute atomic E-state index is 0.109. The second kappa shape index (κ2) is 10.1. The Kier molecular flexibility index (Phi) is 9.41. The number of esters is 1. The highest BCUT2D eigenvalue weighted by Gasteiger charge is 1.97. The van der Waals surface area contributed by atoms with Crippen LogP contribution in [0, 0.1) is 11.8 Å². The molecule has 14 heavy (non-hydrogen) atoms. The van der Waals surface area contributed by atoms with E-state index in [1.807, 2.05) is 0 Å². The van der Waals surface area contributed by atoms with Gasteiger partial charge in [0.05, 0.1) is 7.11 Å². The summed E-state index contributed by atoms with van der Waals surface area (Å²) in [5.74, 6) is 6.12. The quantitative estimate of drug-likeness (QED) is 0.371. The molecule has 0 amide bonds. The molecule has 0 saturated carbocycles. The smallest absolute Gasteiger partial charge is 0.305 e. The van der Waals surface area contributed by atoms with Gasteiger partial charge in [-0.1, -0.05) is 13.3 Å². The molecular weight excluding hydrogens is 176 g/mol. The van der Waals surface area contributed by atoms with Crippen molar-refractivity contribution in [2.45, 2.75) is 51.9 Å². The van der Waals surface area contributed by atoms with Gasteiger partial charge in [0, 0.05) is 19.3 Å². The Morgan fingerprint density at radius 2 is 1.86 bits per heavy atom. The maximum absolute atomic E-state index is 10.7. The number of carbonyl (C=O) groups is 1. The fraction of sp³-hybridized carbons (Fsp3) is 0.750. The van der Waals surface area contributed by atoms with Crippen LogP contribution in [0.1, 0.15) is 51.9 Å². The Bertz CT molecular complexity index is 198. The van der Waals surface area contributed by atoms with Gasteiger partial charge in [-0.15, -0.1) is 11.8 Å². The van der Waals surface area contributed by atoms with Crippen molar-refractivity contribution in [2.24, 2.45) is 0 Å². The topological polar surface area (TPSA) is 26.3 Å². The predicted molar refractivity (Wildman–Crippen MR) is 57.8 cm³/mol. The molecule has 0 fully saturated rings. The molecule has 2 nitrogen and oxygen atoms in total. The number of hydrogen-bond acceptors (Lipinski definition) is 2. The highest BCUT2D eigenvalue weighted by molar-refractivity contribution is 5.68. The Morgan fingerprint density at radius 3 is 2.50 bits per heavy atom. The van der Waals surface area contributed by atoms with E-state index in [0.717, 1.165) is 38.5 Å². The molecule has 0 aromatic rings.